The molecule has 0 bridgehead atoms. The van der Waals surface area contributed by atoms with Crippen molar-refractivity contribution < 1.29 is 27.3 Å². The zero-order valence-corrected chi connectivity index (χ0v) is 17.3. The first-order valence-corrected chi connectivity index (χ1v) is 10.8. The van der Waals surface area contributed by atoms with E-state index in [1.807, 2.05) is 0 Å². The molecule has 0 aliphatic carbocycles. The number of esters is 1. The minimum Gasteiger partial charge on any atom is -0.466 e. The van der Waals surface area contributed by atoms with E-state index in [0.717, 1.165) is 28.6 Å². The second kappa shape index (κ2) is 10.8. The molecule has 0 amide bonds. The molecule has 2 aromatic rings. The van der Waals surface area contributed by atoms with Crippen molar-refractivity contribution in [3.05, 3.63) is 70.0 Å². The van der Waals surface area contributed by atoms with Gasteiger partial charge in [-0.3, -0.25) is 14.9 Å². The predicted octanol–water partition coefficient (Wildman–Crippen LogP) is 3.66. The van der Waals surface area contributed by atoms with Crippen LogP contribution in [0.2, 0.25) is 0 Å². The fourth-order valence-corrected chi connectivity index (χ4v) is 4.24. The molecule has 162 valence electrons. The number of nitro groups is 1. The molecule has 0 aliphatic rings. The number of rotatable bonds is 11. The third kappa shape index (κ3) is 6.33. The monoisotopic (exact) mass is 438 g/mol. The van der Waals surface area contributed by atoms with Gasteiger partial charge in [0, 0.05) is 37.2 Å². The molecule has 10 heteroatoms. The highest BCUT2D eigenvalue weighted by molar-refractivity contribution is 7.89. The lowest BCUT2D eigenvalue weighted by Gasteiger charge is -2.22. The van der Waals surface area contributed by atoms with Gasteiger partial charge in [-0.25, -0.2) is 12.8 Å². The van der Waals surface area contributed by atoms with Gasteiger partial charge >= 0.3 is 5.97 Å². The molecule has 0 heterocycles. The molecule has 2 aromatic carbocycles. The number of halogens is 1. The van der Waals surface area contributed by atoms with Crippen LogP contribution in [0.5, 0.6) is 0 Å². The van der Waals surface area contributed by atoms with Crippen molar-refractivity contribution >= 4 is 21.7 Å². The summed E-state index contributed by atoms with van der Waals surface area (Å²) < 4.78 is 46.3. The summed E-state index contributed by atoms with van der Waals surface area (Å²) in [6, 6.07) is 10.4. The number of unbranched alkanes of at least 4 members (excludes halogenated alkanes) is 1. The zero-order chi connectivity index (χ0) is 22.1. The molecule has 0 spiro atoms. The van der Waals surface area contributed by atoms with Crippen LogP contribution in [0, 0.1) is 15.9 Å². The number of benzene rings is 2. The maximum atomic E-state index is 14.1. The van der Waals surface area contributed by atoms with Crippen LogP contribution in [-0.2, 0) is 26.1 Å². The van der Waals surface area contributed by atoms with Crippen molar-refractivity contribution in [3.8, 4) is 0 Å². The highest BCUT2D eigenvalue weighted by Crippen LogP contribution is 2.23. The van der Waals surface area contributed by atoms with Gasteiger partial charge < -0.3 is 4.74 Å². The molecule has 0 unspecified atom stereocenters. The second-order valence-electron chi connectivity index (χ2n) is 6.44. The van der Waals surface area contributed by atoms with Gasteiger partial charge in [-0.15, -0.1) is 0 Å². The largest absolute Gasteiger partial charge is 0.466 e. The molecule has 30 heavy (non-hydrogen) atoms. The standard InChI is InChI=1S/C20H23FN2O6S/c1-2-29-20(24)9-5-6-14-22(15-16-7-3-4-8-19(16)21)30(27,28)18-12-10-17(11-13-18)23(25)26/h3-4,7-8,10-13H,2,5-6,9,14-15H2,1H3. The van der Waals surface area contributed by atoms with Gasteiger partial charge in [0.15, 0.2) is 0 Å². The van der Waals surface area contributed by atoms with Gasteiger partial charge in [-0.1, -0.05) is 18.2 Å². The van der Waals surface area contributed by atoms with Crippen LogP contribution in [0.1, 0.15) is 31.7 Å². The number of hydrogen-bond acceptors (Lipinski definition) is 6. The number of nitro benzene ring substituents is 1. The van der Waals surface area contributed by atoms with Crippen LogP contribution in [0.25, 0.3) is 0 Å². The summed E-state index contributed by atoms with van der Waals surface area (Å²) >= 11 is 0. The van der Waals surface area contributed by atoms with E-state index in [0.29, 0.717) is 12.8 Å². The van der Waals surface area contributed by atoms with Gasteiger partial charge in [0.2, 0.25) is 10.0 Å². The van der Waals surface area contributed by atoms with Crippen LogP contribution < -0.4 is 0 Å². The van der Waals surface area contributed by atoms with E-state index in [-0.39, 0.29) is 48.2 Å². The maximum Gasteiger partial charge on any atom is 0.305 e. The molecule has 0 fully saturated rings. The molecule has 0 aliphatic heterocycles. The molecular weight excluding hydrogens is 415 g/mol. The Bertz CT molecular complexity index is 979. The van der Waals surface area contributed by atoms with E-state index >= 15 is 0 Å². The number of sulfonamides is 1. The smallest absolute Gasteiger partial charge is 0.305 e. The Balaban J connectivity index is 2.21. The Morgan fingerprint density at radius 1 is 1.13 bits per heavy atom. The average Bonchev–Trinajstić information content (AvgIpc) is 2.71. The number of nitrogens with zero attached hydrogens (tertiary/aromatic N) is 2. The summed E-state index contributed by atoms with van der Waals surface area (Å²) in [4.78, 5) is 21.5. The van der Waals surface area contributed by atoms with Crippen LogP contribution in [0.15, 0.2) is 53.4 Å². The molecule has 0 N–H and O–H groups in total. The molecule has 0 saturated carbocycles. The van der Waals surface area contributed by atoms with Crippen LogP contribution in [0.3, 0.4) is 0 Å². The lowest BCUT2D eigenvalue weighted by atomic mass is 10.2. The number of ether oxygens (including phenoxy) is 1. The van der Waals surface area contributed by atoms with Crippen molar-refractivity contribution in [2.45, 2.75) is 37.6 Å². The lowest BCUT2D eigenvalue weighted by molar-refractivity contribution is -0.384. The van der Waals surface area contributed by atoms with Crippen molar-refractivity contribution in [2.75, 3.05) is 13.2 Å². The first-order valence-electron chi connectivity index (χ1n) is 9.39. The van der Waals surface area contributed by atoms with Crippen molar-refractivity contribution in [1.82, 2.24) is 4.31 Å². The Morgan fingerprint density at radius 3 is 2.40 bits per heavy atom. The summed E-state index contributed by atoms with van der Waals surface area (Å²) in [5.74, 6) is -0.899. The van der Waals surface area contributed by atoms with E-state index < -0.39 is 20.8 Å². The first-order chi connectivity index (χ1) is 14.3. The van der Waals surface area contributed by atoms with E-state index in [2.05, 4.69) is 0 Å². The molecular formula is C20H23FN2O6S. The normalized spacial score (nSPS) is 11.4. The fourth-order valence-electron chi connectivity index (χ4n) is 2.78. The topological polar surface area (TPSA) is 107 Å². The third-order valence-electron chi connectivity index (χ3n) is 4.33. The van der Waals surface area contributed by atoms with E-state index in [9.17, 15) is 27.7 Å². The lowest BCUT2D eigenvalue weighted by Crippen LogP contribution is -2.32. The fraction of sp³-hybridized carbons (Fsp3) is 0.350. The van der Waals surface area contributed by atoms with E-state index in [1.165, 1.54) is 18.2 Å². The average molecular weight is 438 g/mol. The Hall–Kier alpha value is -2.85. The number of non-ortho nitro benzene ring substituents is 1. The maximum absolute atomic E-state index is 14.1. The highest BCUT2D eigenvalue weighted by atomic mass is 32.2. The van der Waals surface area contributed by atoms with Crippen molar-refractivity contribution in [1.29, 1.82) is 0 Å². The number of carbonyl (C=O) groups excluding carboxylic acids is 1. The Kier molecular flexibility index (Phi) is 8.43. The predicted molar refractivity (Wildman–Crippen MR) is 108 cm³/mol. The van der Waals surface area contributed by atoms with Crippen molar-refractivity contribution in [2.24, 2.45) is 0 Å². The van der Waals surface area contributed by atoms with Crippen LogP contribution in [0.4, 0.5) is 10.1 Å². The van der Waals surface area contributed by atoms with Gasteiger partial charge in [0.1, 0.15) is 5.82 Å². The molecule has 2 rings (SSSR count). The Labute approximate surface area is 174 Å². The van der Waals surface area contributed by atoms with Gasteiger partial charge in [-0.2, -0.15) is 4.31 Å². The SMILES string of the molecule is CCOC(=O)CCCCN(Cc1ccccc1F)S(=O)(=O)c1ccc([N+](=O)[O-])cc1. The molecule has 0 radical (unpaired) electrons. The quantitative estimate of drug-likeness (QED) is 0.229. The summed E-state index contributed by atoms with van der Waals surface area (Å²) in [6.07, 6.45) is 0.917. The van der Waals surface area contributed by atoms with Crippen molar-refractivity contribution in [3.63, 3.8) is 0 Å². The second-order valence-corrected chi connectivity index (χ2v) is 8.38. The molecule has 0 atom stereocenters. The molecule has 0 saturated heterocycles. The number of carbonyl (C=O) groups is 1. The summed E-state index contributed by atoms with van der Waals surface area (Å²) in [5.41, 5.74) is -0.0302. The zero-order valence-electron chi connectivity index (χ0n) is 16.5. The highest BCUT2D eigenvalue weighted by Gasteiger charge is 2.26. The summed E-state index contributed by atoms with van der Waals surface area (Å²) in [6.45, 7) is 1.82. The van der Waals surface area contributed by atoms with Crippen LogP contribution in [-0.4, -0.2) is 36.8 Å². The summed E-state index contributed by atoms with van der Waals surface area (Å²) in [5, 5.41) is 10.8. The Morgan fingerprint density at radius 2 is 1.80 bits per heavy atom. The minimum absolute atomic E-state index is 0.0487. The minimum atomic E-state index is -4.04. The molecule has 8 nitrogen and oxygen atoms in total. The first kappa shape index (κ1) is 23.4. The van der Waals surface area contributed by atoms with Gasteiger partial charge in [0.05, 0.1) is 16.4 Å². The van der Waals surface area contributed by atoms with Gasteiger partial charge in [0.25, 0.3) is 5.69 Å². The number of hydrogen-bond donors (Lipinski definition) is 0. The van der Waals surface area contributed by atoms with Gasteiger partial charge in [-0.05, 0) is 38.0 Å². The van der Waals surface area contributed by atoms with E-state index in [4.69, 9.17) is 4.74 Å². The molecule has 0 aromatic heterocycles. The summed E-state index contributed by atoms with van der Waals surface area (Å²) in [7, 11) is -4.04. The van der Waals surface area contributed by atoms with E-state index in [1.54, 1.807) is 13.0 Å². The van der Waals surface area contributed by atoms with Crippen LogP contribution >= 0.6 is 0 Å². The third-order valence-corrected chi connectivity index (χ3v) is 6.19.